The van der Waals surface area contributed by atoms with Gasteiger partial charge in [-0.25, -0.2) is 4.98 Å². The van der Waals surface area contributed by atoms with E-state index in [1.54, 1.807) is 11.8 Å². The first-order valence-corrected chi connectivity index (χ1v) is 11.0. The minimum absolute atomic E-state index is 0.0267. The second kappa shape index (κ2) is 10.1. The Morgan fingerprint density at radius 1 is 1.18 bits per heavy atom. The number of halogens is 1. The molecule has 0 spiro atoms. The molecule has 5 nitrogen and oxygen atoms in total. The molecule has 28 heavy (non-hydrogen) atoms. The Hall–Kier alpha value is -1.76. The highest BCUT2D eigenvalue weighted by atomic mass is 35.5. The lowest BCUT2D eigenvalue weighted by molar-refractivity contribution is -0.118. The molecule has 7 heteroatoms. The van der Waals surface area contributed by atoms with Gasteiger partial charge in [0.25, 0.3) is 0 Å². The molecule has 2 unspecified atom stereocenters. The maximum atomic E-state index is 12.1. The van der Waals surface area contributed by atoms with Crippen LogP contribution in [0.15, 0.2) is 42.6 Å². The van der Waals surface area contributed by atoms with Crippen molar-refractivity contribution >= 4 is 35.1 Å². The molecule has 1 fully saturated rings. The van der Waals surface area contributed by atoms with Crippen molar-refractivity contribution in [1.82, 2.24) is 10.3 Å². The summed E-state index contributed by atoms with van der Waals surface area (Å²) in [6, 6.07) is 11.7. The monoisotopic (exact) mass is 419 g/mol. The predicted molar refractivity (Wildman–Crippen MR) is 116 cm³/mol. The molecule has 1 aliphatic heterocycles. The summed E-state index contributed by atoms with van der Waals surface area (Å²) < 4.78 is 5.77. The van der Waals surface area contributed by atoms with Crippen molar-refractivity contribution in [1.29, 1.82) is 0 Å². The summed E-state index contributed by atoms with van der Waals surface area (Å²) >= 11 is 7.47. The normalized spacial score (nSPS) is 19.5. The van der Waals surface area contributed by atoms with Gasteiger partial charge in [0, 0.05) is 36.6 Å². The van der Waals surface area contributed by atoms with Crippen LogP contribution in [0.2, 0.25) is 5.02 Å². The lowest BCUT2D eigenvalue weighted by Crippen LogP contribution is -2.45. The zero-order valence-corrected chi connectivity index (χ0v) is 17.8. The molecule has 1 saturated heterocycles. The number of rotatable bonds is 7. The number of amides is 1. The highest BCUT2D eigenvalue weighted by Crippen LogP contribution is 2.18. The van der Waals surface area contributed by atoms with Crippen molar-refractivity contribution in [3.63, 3.8) is 0 Å². The van der Waals surface area contributed by atoms with Gasteiger partial charge in [0.2, 0.25) is 5.91 Å². The minimum atomic E-state index is 0.0267. The third-order valence-corrected chi connectivity index (χ3v) is 5.71. The quantitative estimate of drug-likeness (QED) is 0.737. The maximum absolute atomic E-state index is 12.1. The fourth-order valence-corrected chi connectivity index (χ4v) is 4.11. The zero-order chi connectivity index (χ0) is 19.9. The van der Waals surface area contributed by atoms with E-state index in [1.807, 2.05) is 42.6 Å². The van der Waals surface area contributed by atoms with Gasteiger partial charge in [-0.05, 0) is 43.2 Å². The molecule has 2 heterocycles. The number of carbonyl (C=O) groups excluding carboxylic acids is 1. The highest BCUT2D eigenvalue weighted by molar-refractivity contribution is 7.99. The molecule has 2 aromatic rings. The van der Waals surface area contributed by atoms with Gasteiger partial charge in [-0.1, -0.05) is 29.8 Å². The van der Waals surface area contributed by atoms with Gasteiger partial charge in [0.15, 0.2) is 0 Å². The number of benzene rings is 1. The Morgan fingerprint density at radius 3 is 2.50 bits per heavy atom. The zero-order valence-electron chi connectivity index (χ0n) is 16.2. The van der Waals surface area contributed by atoms with Crippen molar-refractivity contribution in [2.45, 2.75) is 38.4 Å². The number of pyridine rings is 1. The molecule has 0 bridgehead atoms. The fourth-order valence-electron chi connectivity index (χ4n) is 3.17. The highest BCUT2D eigenvalue weighted by Gasteiger charge is 2.22. The summed E-state index contributed by atoms with van der Waals surface area (Å²) in [7, 11) is 0. The average molecular weight is 420 g/mol. The summed E-state index contributed by atoms with van der Waals surface area (Å²) in [6.07, 6.45) is 2.24. The van der Waals surface area contributed by atoms with E-state index in [0.717, 1.165) is 40.8 Å². The van der Waals surface area contributed by atoms with Crippen LogP contribution in [0.3, 0.4) is 0 Å². The number of ether oxygens (including phenoxy) is 1. The Labute approximate surface area is 175 Å². The van der Waals surface area contributed by atoms with Gasteiger partial charge in [-0.3, -0.25) is 4.79 Å². The third kappa shape index (κ3) is 6.40. The molecule has 1 amide bonds. The largest absolute Gasteiger partial charge is 0.372 e. The minimum Gasteiger partial charge on any atom is -0.372 e. The number of nitrogens with zero attached hydrogens (tertiary/aromatic N) is 2. The van der Waals surface area contributed by atoms with Crippen LogP contribution < -0.4 is 10.2 Å². The molecule has 150 valence electrons. The van der Waals surface area contributed by atoms with Gasteiger partial charge >= 0.3 is 0 Å². The van der Waals surface area contributed by atoms with E-state index < -0.39 is 0 Å². The number of nitrogens with one attached hydrogen (secondary N) is 1. The second-order valence-electron chi connectivity index (χ2n) is 7.08. The van der Waals surface area contributed by atoms with E-state index in [2.05, 4.69) is 29.0 Å². The molecule has 2 atom stereocenters. The maximum Gasteiger partial charge on any atom is 0.230 e. The van der Waals surface area contributed by atoms with Crippen LogP contribution in [0.1, 0.15) is 25.0 Å². The number of carbonyl (C=O) groups is 1. The summed E-state index contributed by atoms with van der Waals surface area (Å²) in [6.45, 7) is 6.34. The number of hydrogen-bond donors (Lipinski definition) is 1. The van der Waals surface area contributed by atoms with Crippen LogP contribution in [0.4, 0.5) is 5.82 Å². The Morgan fingerprint density at radius 2 is 1.86 bits per heavy atom. The number of hydrogen-bond acceptors (Lipinski definition) is 5. The van der Waals surface area contributed by atoms with Crippen LogP contribution in [-0.2, 0) is 21.8 Å². The summed E-state index contributed by atoms with van der Waals surface area (Å²) in [4.78, 5) is 18.9. The van der Waals surface area contributed by atoms with E-state index in [0.29, 0.717) is 12.3 Å². The molecular formula is C21H26ClN3O2S. The van der Waals surface area contributed by atoms with E-state index in [9.17, 15) is 4.79 Å². The van der Waals surface area contributed by atoms with Gasteiger partial charge < -0.3 is 15.0 Å². The van der Waals surface area contributed by atoms with Crippen LogP contribution in [0.5, 0.6) is 0 Å². The number of thioether (sulfide) groups is 1. The Bertz CT molecular complexity index is 760. The van der Waals surface area contributed by atoms with Gasteiger partial charge in [-0.2, -0.15) is 0 Å². The van der Waals surface area contributed by atoms with Crippen molar-refractivity contribution in [3.05, 3.63) is 58.7 Å². The van der Waals surface area contributed by atoms with Crippen molar-refractivity contribution in [2.75, 3.05) is 23.7 Å². The molecule has 1 aromatic heterocycles. The molecule has 3 rings (SSSR count). The van der Waals surface area contributed by atoms with Crippen molar-refractivity contribution in [3.8, 4) is 0 Å². The van der Waals surface area contributed by atoms with Gasteiger partial charge in [0.05, 0.1) is 18.0 Å². The van der Waals surface area contributed by atoms with Crippen LogP contribution in [0, 0.1) is 0 Å². The van der Waals surface area contributed by atoms with Crippen molar-refractivity contribution < 1.29 is 9.53 Å². The van der Waals surface area contributed by atoms with Gasteiger partial charge in [0.1, 0.15) is 5.82 Å². The molecular weight excluding hydrogens is 394 g/mol. The lowest BCUT2D eigenvalue weighted by atomic mass is 10.2. The average Bonchev–Trinajstić information content (AvgIpc) is 2.67. The molecule has 1 aliphatic rings. The van der Waals surface area contributed by atoms with Crippen LogP contribution in [-0.4, -0.2) is 41.9 Å². The van der Waals surface area contributed by atoms with Crippen molar-refractivity contribution in [2.24, 2.45) is 0 Å². The molecule has 0 aliphatic carbocycles. The second-order valence-corrected chi connectivity index (χ2v) is 8.50. The van der Waals surface area contributed by atoms with E-state index in [4.69, 9.17) is 16.3 Å². The first-order chi connectivity index (χ1) is 13.5. The molecule has 0 saturated carbocycles. The standard InChI is InChI=1S/C21H26ClN3O2S/c1-15-11-25(12-16(2)27-15)20-8-5-18(9-23-20)10-24-21(26)14-28-13-17-3-6-19(22)7-4-17/h3-9,15-16H,10-14H2,1-2H3,(H,24,26). The summed E-state index contributed by atoms with van der Waals surface area (Å²) in [5.41, 5.74) is 2.16. The SMILES string of the molecule is CC1CN(c2ccc(CNC(=O)CSCc3ccc(Cl)cc3)cn2)CC(C)O1. The number of morpholine rings is 1. The van der Waals surface area contributed by atoms with E-state index in [1.165, 1.54) is 0 Å². The van der Waals surface area contributed by atoms with Crippen LogP contribution in [0.25, 0.3) is 0 Å². The predicted octanol–water partition coefficient (Wildman–Crippen LogP) is 3.90. The fraction of sp³-hybridized carbons (Fsp3) is 0.429. The Balaban J connectivity index is 1.40. The topological polar surface area (TPSA) is 54.5 Å². The smallest absolute Gasteiger partial charge is 0.230 e. The first kappa shape index (κ1) is 21.0. The Kier molecular flexibility index (Phi) is 7.59. The van der Waals surface area contributed by atoms with E-state index in [-0.39, 0.29) is 18.1 Å². The summed E-state index contributed by atoms with van der Waals surface area (Å²) in [5.74, 6) is 2.20. The first-order valence-electron chi connectivity index (χ1n) is 9.44. The summed E-state index contributed by atoms with van der Waals surface area (Å²) in [5, 5.41) is 3.68. The third-order valence-electron chi connectivity index (χ3n) is 4.46. The lowest BCUT2D eigenvalue weighted by Gasteiger charge is -2.36. The van der Waals surface area contributed by atoms with E-state index >= 15 is 0 Å². The molecule has 1 aromatic carbocycles. The number of anilines is 1. The molecule has 1 N–H and O–H groups in total. The molecule has 0 radical (unpaired) electrons. The van der Waals surface area contributed by atoms with Crippen LogP contribution >= 0.6 is 23.4 Å². The van der Waals surface area contributed by atoms with Gasteiger partial charge in [-0.15, -0.1) is 11.8 Å². The number of aromatic nitrogens is 1.